The summed E-state index contributed by atoms with van der Waals surface area (Å²) >= 11 is 5.42. The molecule has 0 aromatic heterocycles. The molecule has 0 atom stereocenters. The molecule has 6 nitrogen and oxygen atoms in total. The van der Waals surface area contributed by atoms with Crippen molar-refractivity contribution in [2.24, 2.45) is 5.92 Å². The largest absolute Gasteiger partial charge is 0.493 e. The lowest BCUT2D eigenvalue weighted by molar-refractivity contribution is 0.0965. The van der Waals surface area contributed by atoms with Crippen molar-refractivity contribution in [3.8, 4) is 11.8 Å². The highest BCUT2D eigenvalue weighted by molar-refractivity contribution is 7.80. The van der Waals surface area contributed by atoms with Crippen LogP contribution in [0.5, 0.6) is 5.75 Å². The second-order valence-corrected chi connectivity index (χ2v) is 7.41. The maximum atomic E-state index is 12.7. The summed E-state index contributed by atoms with van der Waals surface area (Å²) in [5.74, 6) is 0.886. The number of para-hydroxylation sites is 1. The summed E-state index contributed by atoms with van der Waals surface area (Å²) < 4.78 is 5.80. The number of ether oxygens (including phenoxy) is 1. The molecule has 146 valence electrons. The molecule has 1 fully saturated rings. The summed E-state index contributed by atoms with van der Waals surface area (Å²) in [7, 11) is 0. The number of carbonyl (C=O) groups is 1. The number of benzene rings is 1. The monoisotopic (exact) mass is 388 g/mol. The molecule has 0 spiro atoms. The molecule has 0 saturated carbocycles. The lowest BCUT2D eigenvalue weighted by atomic mass is 10.1. The topological polar surface area (TPSA) is 68.6 Å². The van der Waals surface area contributed by atoms with Crippen molar-refractivity contribution in [2.45, 2.75) is 26.7 Å². The van der Waals surface area contributed by atoms with Crippen LogP contribution in [0.2, 0.25) is 0 Å². The predicted molar refractivity (Wildman–Crippen MR) is 110 cm³/mol. The zero-order valence-electron chi connectivity index (χ0n) is 16.1. The van der Waals surface area contributed by atoms with Crippen LogP contribution < -0.4 is 10.1 Å². The van der Waals surface area contributed by atoms with Crippen LogP contribution in [-0.4, -0.2) is 60.2 Å². The molecule has 1 N–H and O–H groups in total. The molecule has 27 heavy (non-hydrogen) atoms. The van der Waals surface area contributed by atoms with Gasteiger partial charge in [-0.3, -0.25) is 15.0 Å². The van der Waals surface area contributed by atoms with E-state index in [1.165, 1.54) is 0 Å². The fourth-order valence-corrected chi connectivity index (χ4v) is 3.09. The number of amides is 1. The van der Waals surface area contributed by atoms with Crippen molar-refractivity contribution in [1.82, 2.24) is 15.1 Å². The van der Waals surface area contributed by atoms with E-state index in [4.69, 9.17) is 22.2 Å². The highest BCUT2D eigenvalue weighted by atomic mass is 32.1. The van der Waals surface area contributed by atoms with Crippen molar-refractivity contribution in [3.63, 3.8) is 0 Å². The van der Waals surface area contributed by atoms with Crippen molar-refractivity contribution in [1.29, 1.82) is 5.26 Å². The highest BCUT2D eigenvalue weighted by Gasteiger charge is 2.21. The summed E-state index contributed by atoms with van der Waals surface area (Å²) in [4.78, 5) is 16.9. The Balaban J connectivity index is 1.88. The van der Waals surface area contributed by atoms with Gasteiger partial charge in [-0.05, 0) is 36.7 Å². The van der Waals surface area contributed by atoms with E-state index in [1.807, 2.05) is 23.1 Å². The second-order valence-electron chi connectivity index (χ2n) is 7.02. The van der Waals surface area contributed by atoms with Gasteiger partial charge < -0.3 is 9.64 Å². The number of carbonyl (C=O) groups excluding carboxylic acids is 1. The zero-order valence-corrected chi connectivity index (χ0v) is 16.9. The third-order valence-corrected chi connectivity index (χ3v) is 4.86. The molecule has 2 rings (SSSR count). The Hall–Kier alpha value is -2.17. The van der Waals surface area contributed by atoms with Gasteiger partial charge in [-0.1, -0.05) is 26.0 Å². The molecule has 0 radical (unpaired) electrons. The van der Waals surface area contributed by atoms with E-state index in [9.17, 15) is 4.79 Å². The first-order valence-corrected chi connectivity index (χ1v) is 9.83. The van der Waals surface area contributed by atoms with Crippen molar-refractivity contribution < 1.29 is 9.53 Å². The minimum atomic E-state index is -0.243. The predicted octanol–water partition coefficient (Wildman–Crippen LogP) is 2.66. The van der Waals surface area contributed by atoms with Crippen LogP contribution in [0.4, 0.5) is 0 Å². The van der Waals surface area contributed by atoms with Gasteiger partial charge >= 0.3 is 0 Å². The zero-order chi connectivity index (χ0) is 19.6. The van der Waals surface area contributed by atoms with Crippen molar-refractivity contribution in [2.75, 3.05) is 39.3 Å². The fourth-order valence-electron chi connectivity index (χ4n) is 2.81. The first-order valence-electron chi connectivity index (χ1n) is 9.42. The smallest absolute Gasteiger partial charge is 0.261 e. The van der Waals surface area contributed by atoms with E-state index < -0.39 is 0 Å². The summed E-state index contributed by atoms with van der Waals surface area (Å²) in [5.41, 5.74) is 0.497. The molecule has 1 heterocycles. The van der Waals surface area contributed by atoms with Gasteiger partial charge in [-0.15, -0.1) is 0 Å². The summed E-state index contributed by atoms with van der Waals surface area (Å²) in [5, 5.41) is 12.0. The van der Waals surface area contributed by atoms with E-state index >= 15 is 0 Å². The number of rotatable bonds is 7. The lowest BCUT2D eigenvalue weighted by Gasteiger charge is -2.35. The average molecular weight is 389 g/mol. The van der Waals surface area contributed by atoms with Gasteiger partial charge in [0, 0.05) is 39.1 Å². The molecule has 1 aliphatic heterocycles. The lowest BCUT2D eigenvalue weighted by Crippen LogP contribution is -2.52. The normalized spacial score (nSPS) is 14.7. The van der Waals surface area contributed by atoms with Crippen LogP contribution in [0.3, 0.4) is 0 Å². The standard InChI is InChI=1S/C20H28N4O2S/c1-16(2)8-15-26-18-7-4-3-6-17(18)19(25)22-20(27)24-13-11-23(12-14-24)10-5-9-21/h3-4,6-7,16H,5,8,10-15H2,1-2H3,(H,22,25,27). The maximum Gasteiger partial charge on any atom is 0.261 e. The Kier molecular flexibility index (Phi) is 8.49. The van der Waals surface area contributed by atoms with Gasteiger partial charge in [0.05, 0.1) is 18.2 Å². The Labute approximate surface area is 167 Å². The van der Waals surface area contributed by atoms with Gasteiger partial charge in [0.1, 0.15) is 5.75 Å². The van der Waals surface area contributed by atoms with Gasteiger partial charge in [0.25, 0.3) is 5.91 Å². The SMILES string of the molecule is CC(C)CCOc1ccccc1C(=O)NC(=S)N1CCN(CCC#N)CC1. The maximum absolute atomic E-state index is 12.7. The van der Waals surface area contributed by atoms with Gasteiger partial charge in [0.15, 0.2) is 5.11 Å². The van der Waals surface area contributed by atoms with E-state index in [0.29, 0.717) is 35.4 Å². The van der Waals surface area contributed by atoms with Gasteiger partial charge in [-0.25, -0.2) is 0 Å². The molecule has 1 amide bonds. The van der Waals surface area contributed by atoms with Crippen LogP contribution >= 0.6 is 12.2 Å². The number of thiocarbonyl (C=S) groups is 1. The molecule has 7 heteroatoms. The summed E-state index contributed by atoms with van der Waals surface area (Å²) in [6.45, 7) is 8.82. The van der Waals surface area contributed by atoms with E-state index in [0.717, 1.165) is 39.1 Å². The molecule has 1 saturated heterocycles. The Bertz CT molecular complexity index is 679. The number of piperazine rings is 1. The van der Waals surface area contributed by atoms with Gasteiger partial charge in [-0.2, -0.15) is 5.26 Å². The molecular formula is C20H28N4O2S. The number of hydrogen-bond donors (Lipinski definition) is 1. The van der Waals surface area contributed by atoms with Crippen molar-refractivity contribution in [3.05, 3.63) is 29.8 Å². The molecular weight excluding hydrogens is 360 g/mol. The van der Waals surface area contributed by atoms with E-state index in [-0.39, 0.29) is 5.91 Å². The average Bonchev–Trinajstić information content (AvgIpc) is 2.66. The first-order chi connectivity index (χ1) is 13.0. The third kappa shape index (κ3) is 6.81. The van der Waals surface area contributed by atoms with Crippen LogP contribution in [0.25, 0.3) is 0 Å². The van der Waals surface area contributed by atoms with Crippen LogP contribution in [0.1, 0.15) is 37.0 Å². The Morgan fingerprint density at radius 3 is 2.67 bits per heavy atom. The Morgan fingerprint density at radius 1 is 1.30 bits per heavy atom. The first kappa shape index (κ1) is 21.1. The number of nitrogens with one attached hydrogen (secondary N) is 1. The third-order valence-electron chi connectivity index (χ3n) is 4.50. The van der Waals surface area contributed by atoms with Crippen LogP contribution in [-0.2, 0) is 0 Å². The number of hydrogen-bond acceptors (Lipinski definition) is 5. The molecule has 1 aliphatic rings. The fraction of sp³-hybridized carbons (Fsp3) is 0.550. The van der Waals surface area contributed by atoms with Gasteiger partial charge in [0.2, 0.25) is 0 Å². The van der Waals surface area contributed by atoms with Crippen LogP contribution in [0.15, 0.2) is 24.3 Å². The number of nitriles is 1. The molecule has 0 unspecified atom stereocenters. The molecule has 1 aromatic carbocycles. The minimum Gasteiger partial charge on any atom is -0.493 e. The van der Waals surface area contributed by atoms with E-state index in [2.05, 4.69) is 30.1 Å². The summed E-state index contributed by atoms with van der Waals surface area (Å²) in [6, 6.07) is 9.42. The molecule has 0 aliphatic carbocycles. The highest BCUT2D eigenvalue weighted by Crippen LogP contribution is 2.19. The summed E-state index contributed by atoms with van der Waals surface area (Å²) in [6.07, 6.45) is 1.47. The molecule has 1 aromatic rings. The number of nitrogens with zero attached hydrogens (tertiary/aromatic N) is 3. The molecule has 0 bridgehead atoms. The quantitative estimate of drug-likeness (QED) is 0.725. The van der Waals surface area contributed by atoms with E-state index in [1.54, 1.807) is 6.07 Å². The Morgan fingerprint density at radius 2 is 2.00 bits per heavy atom. The van der Waals surface area contributed by atoms with Crippen LogP contribution in [0, 0.1) is 17.2 Å². The second kappa shape index (κ2) is 10.9. The minimum absolute atomic E-state index is 0.243. The van der Waals surface area contributed by atoms with Crippen molar-refractivity contribution >= 4 is 23.2 Å².